The Morgan fingerprint density at radius 3 is 2.76 bits per heavy atom. The summed E-state index contributed by atoms with van der Waals surface area (Å²) >= 11 is 0. The number of benzene rings is 2. The number of nitrogens with one attached hydrogen (secondary N) is 1. The third-order valence-electron chi connectivity index (χ3n) is 4.22. The predicted molar refractivity (Wildman–Crippen MR) is 103 cm³/mol. The number of ether oxygens (including phenoxy) is 3. The zero-order valence-corrected chi connectivity index (χ0v) is 15.3. The molecule has 148 valence electrons. The van der Waals surface area contributed by atoms with Crippen LogP contribution < -0.4 is 20.3 Å². The molecule has 1 aliphatic heterocycles. The summed E-state index contributed by atoms with van der Waals surface area (Å²) in [5.41, 5.74) is 0.680. The molecule has 0 aliphatic carbocycles. The molecule has 0 spiro atoms. The highest BCUT2D eigenvalue weighted by Crippen LogP contribution is 2.32. The third-order valence-corrected chi connectivity index (χ3v) is 4.22. The predicted octanol–water partition coefficient (Wildman–Crippen LogP) is 1.35. The number of nitrogens with zero attached hydrogens (tertiary/aromatic N) is 2. The Morgan fingerprint density at radius 1 is 1.10 bits per heavy atom. The van der Waals surface area contributed by atoms with Gasteiger partial charge in [-0.05, 0) is 24.3 Å². The third kappa shape index (κ3) is 4.18. The molecule has 0 radical (unpaired) electrons. The first-order valence-corrected chi connectivity index (χ1v) is 8.89. The first kappa shape index (κ1) is 18.5. The van der Waals surface area contributed by atoms with Gasteiger partial charge in [0.25, 0.3) is 11.5 Å². The van der Waals surface area contributed by atoms with E-state index < -0.39 is 18.5 Å². The van der Waals surface area contributed by atoms with Crippen LogP contribution in [0.1, 0.15) is 0 Å². The van der Waals surface area contributed by atoms with Crippen LogP contribution in [-0.4, -0.2) is 41.2 Å². The smallest absolute Gasteiger partial charge is 0.326 e. The van der Waals surface area contributed by atoms with E-state index >= 15 is 0 Å². The maximum Gasteiger partial charge on any atom is 0.326 e. The molecule has 9 nitrogen and oxygen atoms in total. The molecule has 1 amide bonds. The van der Waals surface area contributed by atoms with Gasteiger partial charge in [-0.3, -0.25) is 19.0 Å². The van der Waals surface area contributed by atoms with Gasteiger partial charge in [0, 0.05) is 11.8 Å². The zero-order valence-electron chi connectivity index (χ0n) is 15.3. The fourth-order valence-electron chi connectivity index (χ4n) is 2.87. The Balaban J connectivity index is 1.33. The Kier molecular flexibility index (Phi) is 5.10. The summed E-state index contributed by atoms with van der Waals surface area (Å²) in [5.74, 6) is -0.0927. The molecule has 1 aliphatic rings. The van der Waals surface area contributed by atoms with Crippen LogP contribution >= 0.6 is 0 Å². The largest absolute Gasteiger partial charge is 0.486 e. The van der Waals surface area contributed by atoms with Crippen molar-refractivity contribution >= 4 is 28.5 Å². The number of hydrogen-bond acceptors (Lipinski definition) is 7. The molecule has 2 aromatic carbocycles. The average molecular weight is 395 g/mol. The number of para-hydroxylation sites is 1. The lowest BCUT2D eigenvalue weighted by atomic mass is 10.2. The second-order valence-electron chi connectivity index (χ2n) is 6.26. The second kappa shape index (κ2) is 8.01. The normalized spacial score (nSPS) is 12.4. The van der Waals surface area contributed by atoms with E-state index in [9.17, 15) is 14.4 Å². The minimum absolute atomic E-state index is 0.339. The number of fused-ring (bicyclic) bond motifs is 2. The summed E-state index contributed by atoms with van der Waals surface area (Å²) in [6, 6.07) is 11.8. The maximum absolute atomic E-state index is 12.4. The van der Waals surface area contributed by atoms with Crippen LogP contribution in [0.3, 0.4) is 0 Å². The molecular weight excluding hydrogens is 378 g/mol. The van der Waals surface area contributed by atoms with Gasteiger partial charge in [-0.25, -0.2) is 4.98 Å². The summed E-state index contributed by atoms with van der Waals surface area (Å²) in [5, 5.41) is 3.02. The SMILES string of the molecule is O=C(COC(=O)Cn1cnc2ccccc2c1=O)Nc1ccc2c(c1)OCCO2. The van der Waals surface area contributed by atoms with E-state index in [1.54, 1.807) is 42.5 Å². The molecule has 3 aromatic rings. The number of esters is 1. The van der Waals surface area contributed by atoms with Gasteiger partial charge >= 0.3 is 5.97 Å². The van der Waals surface area contributed by atoms with Crippen molar-refractivity contribution < 1.29 is 23.8 Å². The van der Waals surface area contributed by atoms with Crippen molar-refractivity contribution in [2.45, 2.75) is 6.54 Å². The van der Waals surface area contributed by atoms with Crippen molar-refractivity contribution in [3.63, 3.8) is 0 Å². The van der Waals surface area contributed by atoms with Crippen LogP contribution in [0.4, 0.5) is 5.69 Å². The van der Waals surface area contributed by atoms with Gasteiger partial charge in [-0.2, -0.15) is 0 Å². The Labute approximate surface area is 164 Å². The minimum atomic E-state index is -0.721. The molecule has 0 fully saturated rings. The summed E-state index contributed by atoms with van der Waals surface area (Å²) in [6.07, 6.45) is 1.28. The van der Waals surface area contributed by atoms with Crippen LogP contribution in [-0.2, 0) is 20.9 Å². The van der Waals surface area contributed by atoms with Crippen molar-refractivity contribution in [3.05, 3.63) is 59.1 Å². The van der Waals surface area contributed by atoms with Gasteiger partial charge < -0.3 is 19.5 Å². The highest BCUT2D eigenvalue weighted by atomic mass is 16.6. The maximum atomic E-state index is 12.4. The Bertz CT molecular complexity index is 1140. The first-order chi connectivity index (χ1) is 14.1. The summed E-state index contributed by atoms with van der Waals surface area (Å²) in [4.78, 5) is 40.6. The molecule has 1 N–H and O–H groups in total. The van der Waals surface area contributed by atoms with Crippen LogP contribution in [0.15, 0.2) is 53.6 Å². The number of rotatable bonds is 5. The molecule has 0 unspecified atom stereocenters. The lowest BCUT2D eigenvalue weighted by Crippen LogP contribution is -2.28. The molecule has 0 saturated heterocycles. The number of aromatic nitrogens is 2. The fourth-order valence-corrected chi connectivity index (χ4v) is 2.87. The average Bonchev–Trinajstić information content (AvgIpc) is 2.74. The molecule has 2 heterocycles. The molecule has 1 aromatic heterocycles. The second-order valence-corrected chi connectivity index (χ2v) is 6.26. The highest BCUT2D eigenvalue weighted by molar-refractivity contribution is 5.93. The van der Waals surface area contributed by atoms with Crippen LogP contribution in [0, 0.1) is 0 Å². The van der Waals surface area contributed by atoms with Crippen LogP contribution in [0.25, 0.3) is 10.9 Å². The number of carbonyl (C=O) groups is 2. The lowest BCUT2D eigenvalue weighted by Gasteiger charge is -2.19. The molecule has 0 atom stereocenters. The van der Waals surface area contributed by atoms with Gasteiger partial charge in [0.05, 0.1) is 17.2 Å². The van der Waals surface area contributed by atoms with Crippen molar-refractivity contribution in [1.29, 1.82) is 0 Å². The van der Waals surface area contributed by atoms with E-state index in [-0.39, 0.29) is 12.1 Å². The van der Waals surface area contributed by atoms with E-state index in [1.807, 2.05) is 0 Å². The van der Waals surface area contributed by atoms with Crippen molar-refractivity contribution in [2.24, 2.45) is 0 Å². The molecule has 4 rings (SSSR count). The van der Waals surface area contributed by atoms with Gasteiger partial charge in [-0.1, -0.05) is 12.1 Å². The molecular formula is C20H17N3O6. The first-order valence-electron chi connectivity index (χ1n) is 8.89. The van der Waals surface area contributed by atoms with Crippen LogP contribution in [0.2, 0.25) is 0 Å². The van der Waals surface area contributed by atoms with E-state index in [0.717, 1.165) is 4.57 Å². The number of amides is 1. The zero-order chi connectivity index (χ0) is 20.2. The van der Waals surface area contributed by atoms with E-state index in [4.69, 9.17) is 14.2 Å². The summed E-state index contributed by atoms with van der Waals surface area (Å²) in [6.45, 7) is 0.0898. The van der Waals surface area contributed by atoms with Crippen molar-refractivity contribution in [3.8, 4) is 11.5 Å². The number of anilines is 1. The number of hydrogen-bond donors (Lipinski definition) is 1. The van der Waals surface area contributed by atoms with E-state index in [1.165, 1.54) is 6.33 Å². The van der Waals surface area contributed by atoms with Crippen LogP contribution in [0.5, 0.6) is 11.5 Å². The quantitative estimate of drug-likeness (QED) is 0.650. The monoisotopic (exact) mass is 395 g/mol. The van der Waals surface area contributed by atoms with E-state index in [0.29, 0.717) is 41.3 Å². The highest BCUT2D eigenvalue weighted by Gasteiger charge is 2.14. The van der Waals surface area contributed by atoms with Crippen molar-refractivity contribution in [1.82, 2.24) is 9.55 Å². The fraction of sp³-hybridized carbons (Fsp3) is 0.200. The van der Waals surface area contributed by atoms with Gasteiger partial charge in [0.15, 0.2) is 18.1 Å². The van der Waals surface area contributed by atoms with Gasteiger partial charge in [-0.15, -0.1) is 0 Å². The standard InChI is InChI=1S/C20H17N3O6/c24-18(22-13-5-6-16-17(9-13)28-8-7-27-16)11-29-19(25)10-23-12-21-15-4-2-1-3-14(15)20(23)26/h1-6,9,12H,7-8,10-11H2,(H,22,24). The van der Waals surface area contributed by atoms with Gasteiger partial charge in [0.2, 0.25) is 0 Å². The Morgan fingerprint density at radius 2 is 1.90 bits per heavy atom. The van der Waals surface area contributed by atoms with E-state index in [2.05, 4.69) is 10.3 Å². The number of carbonyl (C=O) groups excluding carboxylic acids is 2. The molecule has 9 heteroatoms. The molecule has 0 saturated carbocycles. The summed E-state index contributed by atoms with van der Waals surface area (Å²) < 4.78 is 17.0. The lowest BCUT2D eigenvalue weighted by molar-refractivity contribution is -0.147. The summed E-state index contributed by atoms with van der Waals surface area (Å²) in [7, 11) is 0. The molecule has 29 heavy (non-hydrogen) atoms. The minimum Gasteiger partial charge on any atom is -0.486 e. The Hall–Kier alpha value is -3.88. The topological polar surface area (TPSA) is 109 Å². The van der Waals surface area contributed by atoms with Gasteiger partial charge in [0.1, 0.15) is 19.8 Å². The van der Waals surface area contributed by atoms with Crippen molar-refractivity contribution in [2.75, 3.05) is 25.1 Å². The molecule has 0 bridgehead atoms.